The van der Waals surface area contributed by atoms with Crippen LogP contribution in [0.5, 0.6) is 0 Å². The lowest BCUT2D eigenvalue weighted by Gasteiger charge is -2.41. The minimum Gasteiger partial charge on any atom is -0.352 e. The van der Waals surface area contributed by atoms with Crippen molar-refractivity contribution < 1.29 is 22.7 Å². The van der Waals surface area contributed by atoms with Crippen molar-refractivity contribution in [2.75, 3.05) is 34.3 Å². The number of carbonyl (C=O) groups excluding carboxylic acids is 1. The highest BCUT2D eigenvalue weighted by atomic mass is 32.2. The molecule has 12 heteroatoms. The summed E-state index contributed by atoms with van der Waals surface area (Å²) in [5.74, 6) is 0. The number of ether oxygens (including phenoxy) is 2. The molecule has 1 aliphatic rings. The van der Waals surface area contributed by atoms with E-state index in [1.165, 1.54) is 14.1 Å². The van der Waals surface area contributed by atoms with Gasteiger partial charge in [0.1, 0.15) is 6.54 Å². The first-order chi connectivity index (χ1) is 12.3. The average Bonchev–Trinajstić information content (AvgIpc) is 3.05. The number of amides is 2. The van der Waals surface area contributed by atoms with Gasteiger partial charge in [-0.2, -0.15) is 4.48 Å². The summed E-state index contributed by atoms with van der Waals surface area (Å²) in [6.45, 7) is 6.56. The van der Waals surface area contributed by atoms with Gasteiger partial charge in [0.05, 0.1) is 25.2 Å². The molecule has 2 amide bonds. The van der Waals surface area contributed by atoms with Crippen LogP contribution in [0.3, 0.4) is 0 Å². The minimum atomic E-state index is -3.75. The van der Waals surface area contributed by atoms with E-state index in [9.17, 15) is 13.2 Å². The molecule has 1 aromatic heterocycles. The van der Waals surface area contributed by atoms with Gasteiger partial charge in [-0.1, -0.05) is 5.10 Å². The number of nitrogens with zero attached hydrogens (tertiary/aromatic N) is 4. The summed E-state index contributed by atoms with van der Waals surface area (Å²) in [6, 6.07) is -0.670. The predicted octanol–water partition coefficient (Wildman–Crippen LogP) is 0.982. The molecule has 0 radical (unpaired) electrons. The first-order valence-corrected chi connectivity index (χ1v) is 10.8. The molecule has 2 N–H and O–H groups in total. The normalized spacial score (nSPS) is 24.0. The van der Waals surface area contributed by atoms with Crippen LogP contribution in [0.25, 0.3) is 0 Å². The van der Waals surface area contributed by atoms with Crippen LogP contribution in [0.15, 0.2) is 4.34 Å². The van der Waals surface area contributed by atoms with Crippen molar-refractivity contribution in [2.24, 2.45) is 11.1 Å². The number of hydrogen-bond acceptors (Lipinski definition) is 8. The number of rotatable bonds is 6. The number of sulfonamides is 1. The molecule has 10 nitrogen and oxygen atoms in total. The molecule has 3 unspecified atom stereocenters. The van der Waals surface area contributed by atoms with Gasteiger partial charge in [-0.25, -0.2) is 17.5 Å². The van der Waals surface area contributed by atoms with E-state index in [2.05, 4.69) is 10.2 Å². The largest absolute Gasteiger partial charge is 0.420 e. The smallest absolute Gasteiger partial charge is 0.352 e. The molecule has 27 heavy (non-hydrogen) atoms. The van der Waals surface area contributed by atoms with Crippen LogP contribution in [0, 0.1) is 5.41 Å². The van der Waals surface area contributed by atoms with Crippen molar-refractivity contribution in [3.8, 4) is 0 Å². The molecular formula is C15H28N5O5S2+. The molecular weight excluding hydrogens is 394 g/mol. The molecule has 2 rings (SSSR count). The summed E-state index contributed by atoms with van der Waals surface area (Å²) >= 11 is 0.829. The number of urea groups is 1. The quantitative estimate of drug-likeness (QED) is 0.535. The van der Waals surface area contributed by atoms with Crippen LogP contribution in [-0.2, 0) is 19.5 Å². The molecule has 2 heterocycles. The van der Waals surface area contributed by atoms with Crippen LogP contribution in [0.1, 0.15) is 27.2 Å². The van der Waals surface area contributed by atoms with Crippen molar-refractivity contribution in [1.29, 1.82) is 0 Å². The Morgan fingerprint density at radius 3 is 2.56 bits per heavy atom. The Morgan fingerprint density at radius 2 is 2.04 bits per heavy atom. The Labute approximate surface area is 163 Å². The van der Waals surface area contributed by atoms with E-state index in [0.717, 1.165) is 22.1 Å². The number of quaternary nitrogens is 1. The zero-order valence-corrected chi connectivity index (χ0v) is 18.1. The molecule has 1 fully saturated rings. The maximum absolute atomic E-state index is 12.3. The van der Waals surface area contributed by atoms with Crippen LogP contribution in [0.2, 0.25) is 0 Å². The average molecular weight is 423 g/mol. The molecule has 1 saturated heterocycles. The second-order valence-electron chi connectivity index (χ2n) is 7.75. The second-order valence-corrected chi connectivity index (χ2v) is 11.0. The van der Waals surface area contributed by atoms with E-state index in [1.807, 2.05) is 20.8 Å². The van der Waals surface area contributed by atoms with Crippen LogP contribution in [-0.4, -0.2) is 75.6 Å². The maximum atomic E-state index is 12.3. The number of nitrogens with two attached hydrogens (primary N) is 1. The van der Waals surface area contributed by atoms with E-state index in [-0.39, 0.29) is 22.1 Å². The van der Waals surface area contributed by atoms with Crippen LogP contribution >= 0.6 is 11.3 Å². The summed E-state index contributed by atoms with van der Waals surface area (Å²) in [5.41, 5.74) is 5.08. The molecule has 1 aromatic rings. The summed E-state index contributed by atoms with van der Waals surface area (Å²) in [6.07, 6.45) is 0.334. The van der Waals surface area contributed by atoms with Gasteiger partial charge < -0.3 is 15.2 Å². The molecule has 3 atom stereocenters. The Balaban J connectivity index is 2.35. The first kappa shape index (κ1) is 22.1. The molecule has 0 aliphatic carbocycles. The lowest BCUT2D eigenvalue weighted by Crippen LogP contribution is -2.60. The Hall–Kier alpha value is -1.18. The fourth-order valence-electron chi connectivity index (χ4n) is 2.86. The van der Waals surface area contributed by atoms with Crippen molar-refractivity contribution in [3.05, 3.63) is 0 Å². The van der Waals surface area contributed by atoms with Crippen molar-refractivity contribution in [3.63, 3.8) is 0 Å². The van der Waals surface area contributed by atoms with Gasteiger partial charge in [-0.05, 0) is 38.5 Å². The van der Waals surface area contributed by atoms with Gasteiger partial charge in [0.25, 0.3) is 14.4 Å². The summed E-state index contributed by atoms with van der Waals surface area (Å²) in [7, 11) is 0.646. The highest BCUT2D eigenvalue weighted by Crippen LogP contribution is 2.36. The molecule has 0 aromatic carbocycles. The fourth-order valence-corrected chi connectivity index (χ4v) is 5.08. The molecule has 0 bridgehead atoms. The topological polar surface area (TPSA) is 125 Å². The molecule has 1 aliphatic heterocycles. The monoisotopic (exact) mass is 422 g/mol. The van der Waals surface area contributed by atoms with E-state index in [0.29, 0.717) is 6.61 Å². The summed E-state index contributed by atoms with van der Waals surface area (Å²) < 4.78 is 36.6. The third-order valence-corrected chi connectivity index (χ3v) is 7.81. The lowest BCUT2D eigenvalue weighted by atomic mass is 9.90. The van der Waals surface area contributed by atoms with Crippen LogP contribution in [0.4, 0.5) is 9.93 Å². The Kier molecular flexibility index (Phi) is 6.29. The van der Waals surface area contributed by atoms with Gasteiger partial charge in [-0.3, -0.25) is 0 Å². The number of carbonyl (C=O) groups is 1. The Morgan fingerprint density at radius 1 is 1.41 bits per heavy atom. The van der Waals surface area contributed by atoms with E-state index in [1.54, 1.807) is 7.05 Å². The number of hydrogen-bond donors (Lipinski definition) is 1. The minimum absolute atomic E-state index is 0.0497. The van der Waals surface area contributed by atoms with Gasteiger partial charge in [0, 0.05) is 14.1 Å². The standard InChI is InChI=1S/C15H27N5O5S2/c1-10-7-8-24-11(25-10)15(2,3)9-20(6,12(16)21)13-17-18-14(26-13)27(22,23)19(4)5/h10-11H,7-9H2,1-6H3,(H-,16,21)/p+1. The van der Waals surface area contributed by atoms with Crippen molar-refractivity contribution in [1.82, 2.24) is 19.0 Å². The maximum Gasteiger partial charge on any atom is 0.420 e. The van der Waals surface area contributed by atoms with Crippen molar-refractivity contribution >= 4 is 32.5 Å². The third-order valence-electron chi connectivity index (χ3n) is 4.52. The number of aromatic nitrogens is 2. The number of primary amides is 1. The highest BCUT2D eigenvalue weighted by Gasteiger charge is 2.47. The predicted molar refractivity (Wildman–Crippen MR) is 102 cm³/mol. The summed E-state index contributed by atoms with van der Waals surface area (Å²) in [5, 5.41) is 7.91. The first-order valence-electron chi connectivity index (χ1n) is 8.50. The second kappa shape index (κ2) is 7.68. The fraction of sp³-hybridized carbons (Fsp3) is 0.800. The zero-order valence-electron chi connectivity index (χ0n) is 16.5. The van der Waals surface area contributed by atoms with Gasteiger partial charge in [0.2, 0.25) is 0 Å². The molecule has 0 spiro atoms. The van der Waals surface area contributed by atoms with E-state index in [4.69, 9.17) is 15.2 Å². The van der Waals surface area contributed by atoms with E-state index < -0.39 is 32.2 Å². The molecule has 0 saturated carbocycles. The van der Waals surface area contributed by atoms with E-state index >= 15 is 0 Å². The Bertz CT molecular complexity index is 794. The van der Waals surface area contributed by atoms with Crippen LogP contribution < -0.4 is 10.2 Å². The lowest BCUT2D eigenvalue weighted by molar-refractivity contribution is -0.253. The SMILES string of the molecule is CC1CCOC(C(C)(C)C[N+](C)(C(N)=O)c2nnc(S(=O)(=O)N(C)C)s2)O1. The van der Waals surface area contributed by atoms with Gasteiger partial charge in [0.15, 0.2) is 6.29 Å². The van der Waals surface area contributed by atoms with Gasteiger partial charge in [-0.15, -0.1) is 5.10 Å². The van der Waals surface area contributed by atoms with Crippen molar-refractivity contribution in [2.45, 2.75) is 43.9 Å². The summed E-state index contributed by atoms with van der Waals surface area (Å²) in [4.78, 5) is 12.3. The third kappa shape index (κ3) is 4.46. The highest BCUT2D eigenvalue weighted by molar-refractivity contribution is 7.91. The van der Waals surface area contributed by atoms with Gasteiger partial charge >= 0.3 is 11.2 Å². The molecule has 154 valence electrons. The zero-order chi connectivity index (χ0) is 20.6.